The van der Waals surface area contributed by atoms with Crippen molar-refractivity contribution in [3.63, 3.8) is 0 Å². The predicted octanol–water partition coefficient (Wildman–Crippen LogP) is 2.96. The third-order valence-corrected chi connectivity index (χ3v) is 4.45. The first kappa shape index (κ1) is 24.3. The van der Waals surface area contributed by atoms with Crippen LogP contribution in [0.4, 0.5) is 13.2 Å². The molecular weight excluding hydrogens is 449 g/mol. The van der Waals surface area contributed by atoms with Crippen molar-refractivity contribution in [1.82, 2.24) is 4.90 Å². The molecule has 0 saturated heterocycles. The zero-order chi connectivity index (χ0) is 23.3. The molecule has 0 saturated carbocycles. The Kier molecular flexibility index (Phi) is 7.71. The average Bonchev–Trinajstić information content (AvgIpc) is 2.64. The number of carbonyl (C=O) groups is 2. The minimum atomic E-state index is -4.89. The largest absolute Gasteiger partial charge is 0.475 e. The fraction of sp³-hybridized carbons (Fsp3) is 0.444. The van der Waals surface area contributed by atoms with Gasteiger partial charge in [0.25, 0.3) is 5.09 Å². The van der Waals surface area contributed by atoms with Crippen molar-refractivity contribution in [3.05, 3.63) is 44.0 Å². The van der Waals surface area contributed by atoms with Crippen LogP contribution in [0, 0.1) is 17.0 Å². The molecule has 1 aromatic carbocycles. The van der Waals surface area contributed by atoms with E-state index < -0.39 is 48.0 Å². The van der Waals surface area contributed by atoms with Gasteiger partial charge in [0.15, 0.2) is 0 Å². The summed E-state index contributed by atoms with van der Waals surface area (Å²) in [5.74, 6) is -1.82. The molecule has 0 aliphatic carbocycles. The SMILES string of the molecule is CC(=O)N(CCOC(=O)C1=Cc2cc(Cl)cc(C)c2OC1C(F)(F)F)CCO[N+](=O)[O-]. The summed E-state index contributed by atoms with van der Waals surface area (Å²) in [7, 11) is 0. The van der Waals surface area contributed by atoms with Gasteiger partial charge in [0.05, 0.1) is 12.1 Å². The Morgan fingerprint density at radius 1 is 1.29 bits per heavy atom. The lowest BCUT2D eigenvalue weighted by atomic mass is 9.99. The first-order valence-corrected chi connectivity index (χ1v) is 9.23. The highest BCUT2D eigenvalue weighted by molar-refractivity contribution is 6.30. The van der Waals surface area contributed by atoms with E-state index in [1.165, 1.54) is 26.0 Å². The van der Waals surface area contributed by atoms with Crippen molar-refractivity contribution < 1.29 is 42.2 Å². The summed E-state index contributed by atoms with van der Waals surface area (Å²) < 4.78 is 50.4. The van der Waals surface area contributed by atoms with Crippen molar-refractivity contribution in [2.75, 3.05) is 26.3 Å². The number of hydrogen-bond acceptors (Lipinski definition) is 7. The van der Waals surface area contributed by atoms with E-state index in [1.54, 1.807) is 0 Å². The van der Waals surface area contributed by atoms with E-state index in [4.69, 9.17) is 21.1 Å². The number of fused-ring (bicyclic) bond motifs is 1. The van der Waals surface area contributed by atoms with Gasteiger partial charge in [-0.2, -0.15) is 13.2 Å². The van der Waals surface area contributed by atoms with Crippen molar-refractivity contribution in [2.45, 2.75) is 26.1 Å². The second-order valence-electron chi connectivity index (χ2n) is 6.48. The van der Waals surface area contributed by atoms with Crippen LogP contribution in [-0.2, 0) is 19.2 Å². The van der Waals surface area contributed by atoms with Gasteiger partial charge in [-0.25, -0.2) is 4.79 Å². The van der Waals surface area contributed by atoms with E-state index in [2.05, 4.69) is 4.84 Å². The smallest absolute Gasteiger partial charge is 0.430 e. The van der Waals surface area contributed by atoms with Crippen LogP contribution in [0.2, 0.25) is 5.02 Å². The lowest BCUT2D eigenvalue weighted by molar-refractivity contribution is -0.757. The maximum absolute atomic E-state index is 13.5. The van der Waals surface area contributed by atoms with E-state index in [1.807, 2.05) is 0 Å². The molecule has 0 bridgehead atoms. The van der Waals surface area contributed by atoms with E-state index in [-0.39, 0.29) is 29.4 Å². The summed E-state index contributed by atoms with van der Waals surface area (Å²) in [6, 6.07) is 2.79. The lowest BCUT2D eigenvalue weighted by Gasteiger charge is -2.29. The third-order valence-electron chi connectivity index (χ3n) is 4.23. The molecule has 1 aliphatic heterocycles. The van der Waals surface area contributed by atoms with Gasteiger partial charge < -0.3 is 19.2 Å². The van der Waals surface area contributed by atoms with Gasteiger partial charge in [-0.15, -0.1) is 10.1 Å². The number of carbonyl (C=O) groups excluding carboxylic acids is 2. The molecule has 1 amide bonds. The maximum atomic E-state index is 13.5. The molecular formula is C18H18ClF3N2O7. The number of alkyl halides is 3. The van der Waals surface area contributed by atoms with E-state index in [9.17, 15) is 32.9 Å². The zero-order valence-electron chi connectivity index (χ0n) is 16.4. The summed E-state index contributed by atoms with van der Waals surface area (Å²) in [4.78, 5) is 39.3. The number of aryl methyl sites for hydroxylation is 1. The number of esters is 1. The molecule has 9 nitrogen and oxygen atoms in total. The van der Waals surface area contributed by atoms with Crippen LogP contribution in [-0.4, -0.2) is 60.4 Å². The first-order valence-electron chi connectivity index (χ1n) is 8.85. The van der Waals surface area contributed by atoms with Crippen LogP contribution in [0.1, 0.15) is 18.1 Å². The molecule has 1 aliphatic rings. The maximum Gasteiger partial charge on any atom is 0.430 e. The summed E-state index contributed by atoms with van der Waals surface area (Å²) in [6.07, 6.45) is -6.42. The molecule has 1 unspecified atom stereocenters. The fourth-order valence-corrected chi connectivity index (χ4v) is 3.12. The Morgan fingerprint density at radius 3 is 2.52 bits per heavy atom. The Balaban J connectivity index is 2.12. The van der Waals surface area contributed by atoms with Gasteiger partial charge in [-0.3, -0.25) is 4.79 Å². The van der Waals surface area contributed by atoms with Gasteiger partial charge in [0.1, 0.15) is 19.0 Å². The van der Waals surface area contributed by atoms with Crippen molar-refractivity contribution >= 4 is 29.6 Å². The van der Waals surface area contributed by atoms with Crippen LogP contribution >= 0.6 is 11.6 Å². The number of ether oxygens (including phenoxy) is 2. The Bertz CT molecular complexity index is 905. The van der Waals surface area contributed by atoms with Gasteiger partial charge in [0, 0.05) is 24.1 Å². The Labute approximate surface area is 179 Å². The summed E-state index contributed by atoms with van der Waals surface area (Å²) >= 11 is 5.93. The average molecular weight is 467 g/mol. The van der Waals surface area contributed by atoms with E-state index >= 15 is 0 Å². The topological polar surface area (TPSA) is 108 Å². The zero-order valence-corrected chi connectivity index (χ0v) is 17.2. The minimum Gasteiger partial charge on any atom is -0.475 e. The molecule has 1 atom stereocenters. The number of benzene rings is 1. The minimum absolute atomic E-state index is 0.0446. The van der Waals surface area contributed by atoms with E-state index in [0.717, 1.165) is 11.0 Å². The Morgan fingerprint density at radius 2 is 1.94 bits per heavy atom. The number of hydrogen-bond donors (Lipinski definition) is 0. The third kappa shape index (κ3) is 6.48. The number of amides is 1. The highest BCUT2D eigenvalue weighted by Gasteiger charge is 2.49. The molecule has 1 heterocycles. The molecule has 0 fully saturated rings. The normalized spacial score (nSPS) is 15.3. The molecule has 0 N–H and O–H groups in total. The second kappa shape index (κ2) is 9.86. The van der Waals surface area contributed by atoms with Crippen molar-refractivity contribution in [1.29, 1.82) is 0 Å². The number of nitrogens with zero attached hydrogens (tertiary/aromatic N) is 2. The summed E-state index contributed by atoms with van der Waals surface area (Å²) in [6.45, 7) is 1.47. The summed E-state index contributed by atoms with van der Waals surface area (Å²) in [5.41, 5.74) is -0.207. The lowest BCUT2D eigenvalue weighted by Crippen LogP contribution is -2.41. The van der Waals surface area contributed by atoms with Gasteiger partial charge in [-0.05, 0) is 30.7 Å². The number of rotatable bonds is 8. The molecule has 31 heavy (non-hydrogen) atoms. The number of halogens is 4. The Hall–Kier alpha value is -3.02. The van der Waals surface area contributed by atoms with Crippen LogP contribution in [0.5, 0.6) is 5.75 Å². The summed E-state index contributed by atoms with van der Waals surface area (Å²) in [5, 5.41) is 9.39. The highest BCUT2D eigenvalue weighted by atomic mass is 35.5. The van der Waals surface area contributed by atoms with Crippen LogP contribution in [0.25, 0.3) is 6.08 Å². The molecule has 170 valence electrons. The van der Waals surface area contributed by atoms with E-state index in [0.29, 0.717) is 5.56 Å². The van der Waals surface area contributed by atoms with Gasteiger partial charge in [-0.1, -0.05) is 11.6 Å². The van der Waals surface area contributed by atoms with Crippen LogP contribution in [0.15, 0.2) is 17.7 Å². The van der Waals surface area contributed by atoms with Crippen LogP contribution in [0.3, 0.4) is 0 Å². The molecule has 2 rings (SSSR count). The highest BCUT2D eigenvalue weighted by Crippen LogP contribution is 2.40. The van der Waals surface area contributed by atoms with Crippen molar-refractivity contribution in [2.24, 2.45) is 0 Å². The molecule has 0 aromatic heterocycles. The van der Waals surface area contributed by atoms with Crippen LogP contribution < -0.4 is 4.74 Å². The molecule has 0 spiro atoms. The second-order valence-corrected chi connectivity index (χ2v) is 6.92. The standard InChI is InChI=1S/C18H18ClF3N2O7/c1-10-7-13(19)8-12-9-14(16(18(20,21)22)31-15(10)12)17(26)29-5-3-23(11(2)25)4-6-30-24(27)28/h7-9,16H,3-6H2,1-2H3. The van der Waals surface area contributed by atoms with Gasteiger partial charge in [0.2, 0.25) is 12.0 Å². The molecule has 0 radical (unpaired) electrons. The molecule has 13 heteroatoms. The fourth-order valence-electron chi connectivity index (χ4n) is 2.84. The monoisotopic (exact) mass is 466 g/mol. The molecule has 1 aromatic rings. The first-order chi connectivity index (χ1) is 14.4. The quantitative estimate of drug-likeness (QED) is 0.329. The predicted molar refractivity (Wildman–Crippen MR) is 101 cm³/mol. The van der Waals surface area contributed by atoms with Crippen molar-refractivity contribution in [3.8, 4) is 5.75 Å². The van der Waals surface area contributed by atoms with Gasteiger partial charge >= 0.3 is 12.1 Å².